The zero-order valence-corrected chi connectivity index (χ0v) is 18.7. The van der Waals surface area contributed by atoms with Gasteiger partial charge in [-0.2, -0.15) is 0 Å². The van der Waals surface area contributed by atoms with Crippen molar-refractivity contribution in [1.29, 1.82) is 0 Å². The molecule has 0 radical (unpaired) electrons. The normalized spacial score (nSPS) is 36.0. The number of hydrogen-bond acceptors (Lipinski definition) is 7. The smallest absolute Gasteiger partial charge is 0.325 e. The fraction of sp³-hybridized carbons (Fsp3) is 0.625. The van der Waals surface area contributed by atoms with Gasteiger partial charge in [0.25, 0.3) is 0 Å². The van der Waals surface area contributed by atoms with Crippen molar-refractivity contribution in [2.45, 2.75) is 69.5 Å². The fourth-order valence-corrected chi connectivity index (χ4v) is 5.03. The maximum absolute atomic E-state index is 12.5. The predicted molar refractivity (Wildman–Crippen MR) is 116 cm³/mol. The monoisotopic (exact) mass is 431 g/mol. The molecule has 3 aliphatic rings. The molecule has 1 saturated carbocycles. The van der Waals surface area contributed by atoms with Crippen LogP contribution in [0, 0.1) is 5.92 Å². The zero-order chi connectivity index (χ0) is 22.2. The van der Waals surface area contributed by atoms with Crippen LogP contribution in [-0.2, 0) is 23.7 Å². The molecule has 1 spiro atoms. The minimum atomic E-state index is -0.349. The Morgan fingerprint density at radius 3 is 2.65 bits per heavy atom. The predicted octanol–water partition coefficient (Wildman–Crippen LogP) is 3.42. The van der Waals surface area contributed by atoms with Gasteiger partial charge in [0.2, 0.25) is 0 Å². The first-order chi connectivity index (χ1) is 14.8. The summed E-state index contributed by atoms with van der Waals surface area (Å²) in [7, 11) is 1.67. The van der Waals surface area contributed by atoms with Crippen LogP contribution in [0.1, 0.15) is 40.0 Å². The summed E-state index contributed by atoms with van der Waals surface area (Å²) >= 11 is 0. The molecule has 31 heavy (non-hydrogen) atoms. The summed E-state index contributed by atoms with van der Waals surface area (Å²) in [5.41, 5.74) is 1.43. The Balaban J connectivity index is 1.40. The Kier molecular flexibility index (Phi) is 6.03. The van der Waals surface area contributed by atoms with Gasteiger partial charge in [0.1, 0.15) is 35.7 Å². The summed E-state index contributed by atoms with van der Waals surface area (Å²) in [6.45, 7) is 7.06. The van der Waals surface area contributed by atoms with Crippen molar-refractivity contribution in [1.82, 2.24) is 0 Å². The second-order valence-corrected chi connectivity index (χ2v) is 9.31. The molecular weight excluding hydrogens is 398 g/mol. The second kappa shape index (κ2) is 8.45. The van der Waals surface area contributed by atoms with E-state index >= 15 is 0 Å². The van der Waals surface area contributed by atoms with Crippen LogP contribution < -0.4 is 5.32 Å². The van der Waals surface area contributed by atoms with E-state index in [1.165, 1.54) is 5.57 Å². The summed E-state index contributed by atoms with van der Waals surface area (Å²) in [6, 6.07) is 6.56. The maximum atomic E-state index is 12.5. The SMILES string of the molecule is CO[C@@H]1[C@H](OC(=O)CNc2ccc(O)cc2)CC[C@]2(CO2)[C@H]1[C@@]1(C)O[C@@H]1CC=C(C)C. The minimum absolute atomic E-state index is 0.0113. The number of rotatable bonds is 8. The molecule has 0 amide bonds. The van der Waals surface area contributed by atoms with Gasteiger partial charge in [0.15, 0.2) is 0 Å². The quantitative estimate of drug-likeness (QED) is 0.282. The highest BCUT2D eigenvalue weighted by atomic mass is 16.6. The third-order valence-electron chi connectivity index (χ3n) is 6.82. The van der Waals surface area contributed by atoms with Crippen molar-refractivity contribution in [3.05, 3.63) is 35.9 Å². The highest BCUT2D eigenvalue weighted by molar-refractivity contribution is 5.75. The molecule has 170 valence electrons. The molecule has 7 nitrogen and oxygen atoms in total. The van der Waals surface area contributed by atoms with Crippen LogP contribution in [0.5, 0.6) is 5.75 Å². The molecular formula is C24H33NO6. The van der Waals surface area contributed by atoms with Gasteiger partial charge in [0, 0.05) is 12.8 Å². The van der Waals surface area contributed by atoms with E-state index in [0.717, 1.165) is 18.5 Å². The number of esters is 1. The standard InChI is InChI=1S/C24H33NO6/c1-15(2)5-10-19-23(3,31-19)22-21(28-4)18(11-12-24(22)14-29-24)30-20(27)13-25-16-6-8-17(26)9-7-16/h5-9,18-19,21-22,25-26H,10-14H2,1-4H3/t18-,19-,21-,22-,23+,24+/m1/s1. The van der Waals surface area contributed by atoms with Crippen LogP contribution in [0.3, 0.4) is 0 Å². The van der Waals surface area contributed by atoms with Crippen molar-refractivity contribution in [2.75, 3.05) is 25.6 Å². The molecule has 0 unspecified atom stereocenters. The van der Waals surface area contributed by atoms with Crippen molar-refractivity contribution < 1.29 is 28.8 Å². The molecule has 0 bridgehead atoms. The third kappa shape index (κ3) is 4.59. The molecule has 1 aliphatic carbocycles. The average Bonchev–Trinajstić information content (AvgIpc) is 3.65. The fourth-order valence-electron chi connectivity index (χ4n) is 5.03. The summed E-state index contributed by atoms with van der Waals surface area (Å²) in [4.78, 5) is 12.5. The summed E-state index contributed by atoms with van der Waals surface area (Å²) in [5.74, 6) is -0.147. The molecule has 1 aromatic rings. The van der Waals surface area contributed by atoms with E-state index in [1.807, 2.05) is 0 Å². The van der Waals surface area contributed by atoms with Gasteiger partial charge in [-0.05, 0) is 64.3 Å². The largest absolute Gasteiger partial charge is 0.508 e. The van der Waals surface area contributed by atoms with Gasteiger partial charge in [0.05, 0.1) is 18.6 Å². The maximum Gasteiger partial charge on any atom is 0.325 e. The number of phenolic OH excluding ortho intramolecular Hbond substituents is 1. The molecule has 6 atom stereocenters. The van der Waals surface area contributed by atoms with Gasteiger partial charge < -0.3 is 29.4 Å². The molecule has 2 heterocycles. The van der Waals surface area contributed by atoms with Crippen LogP contribution in [-0.4, -0.2) is 60.9 Å². The number of allylic oxidation sites excluding steroid dienone is 1. The Labute approximate surface area is 183 Å². The average molecular weight is 432 g/mol. The van der Waals surface area contributed by atoms with E-state index in [-0.39, 0.29) is 53.7 Å². The van der Waals surface area contributed by atoms with Crippen LogP contribution >= 0.6 is 0 Å². The highest BCUT2D eigenvalue weighted by Crippen LogP contribution is 2.59. The van der Waals surface area contributed by atoms with Gasteiger partial charge in [-0.15, -0.1) is 0 Å². The molecule has 2 N–H and O–H groups in total. The van der Waals surface area contributed by atoms with Crippen LogP contribution in [0.15, 0.2) is 35.9 Å². The topological polar surface area (TPSA) is 92.9 Å². The van der Waals surface area contributed by atoms with Gasteiger partial charge in [-0.1, -0.05) is 11.6 Å². The minimum Gasteiger partial charge on any atom is -0.508 e. The third-order valence-corrected chi connectivity index (χ3v) is 6.82. The second-order valence-electron chi connectivity index (χ2n) is 9.31. The number of phenols is 1. The Morgan fingerprint density at radius 2 is 2.03 bits per heavy atom. The van der Waals surface area contributed by atoms with Crippen molar-refractivity contribution in [2.24, 2.45) is 5.92 Å². The molecule has 7 heteroatoms. The number of carbonyl (C=O) groups is 1. The lowest BCUT2D eigenvalue weighted by molar-refractivity contribution is -0.170. The number of anilines is 1. The number of aromatic hydroxyl groups is 1. The molecule has 0 aromatic heterocycles. The number of methoxy groups -OCH3 is 1. The number of carbonyl (C=O) groups excluding carboxylic acids is 1. The van der Waals surface area contributed by atoms with E-state index in [0.29, 0.717) is 13.0 Å². The van der Waals surface area contributed by atoms with E-state index in [2.05, 4.69) is 32.2 Å². The Morgan fingerprint density at radius 1 is 1.32 bits per heavy atom. The number of hydrogen-bond donors (Lipinski definition) is 2. The lowest BCUT2D eigenvalue weighted by Crippen LogP contribution is -2.55. The van der Waals surface area contributed by atoms with Gasteiger partial charge >= 0.3 is 5.97 Å². The highest BCUT2D eigenvalue weighted by Gasteiger charge is 2.72. The van der Waals surface area contributed by atoms with E-state index < -0.39 is 0 Å². The van der Waals surface area contributed by atoms with E-state index in [9.17, 15) is 9.90 Å². The van der Waals surface area contributed by atoms with Crippen LogP contribution in [0.4, 0.5) is 5.69 Å². The molecule has 2 aliphatic heterocycles. The first kappa shape index (κ1) is 22.1. The Bertz CT molecular complexity index is 829. The number of benzene rings is 1. The van der Waals surface area contributed by atoms with Crippen molar-refractivity contribution >= 4 is 11.7 Å². The number of ether oxygens (including phenoxy) is 4. The van der Waals surface area contributed by atoms with Crippen molar-refractivity contribution in [3.63, 3.8) is 0 Å². The summed E-state index contributed by atoms with van der Waals surface area (Å²) < 4.78 is 23.9. The summed E-state index contributed by atoms with van der Waals surface area (Å²) in [5, 5.41) is 12.4. The van der Waals surface area contributed by atoms with E-state index in [4.69, 9.17) is 18.9 Å². The van der Waals surface area contributed by atoms with E-state index in [1.54, 1.807) is 31.4 Å². The molecule has 4 rings (SSSR count). The molecule has 1 aromatic carbocycles. The lowest BCUT2D eigenvalue weighted by Gasteiger charge is -2.42. The van der Waals surface area contributed by atoms with Crippen LogP contribution in [0.2, 0.25) is 0 Å². The number of epoxide rings is 2. The van der Waals surface area contributed by atoms with Gasteiger partial charge in [-0.3, -0.25) is 4.79 Å². The molecule has 3 fully saturated rings. The first-order valence-corrected chi connectivity index (χ1v) is 11.0. The lowest BCUT2D eigenvalue weighted by atomic mass is 9.68. The number of nitrogens with one attached hydrogen (secondary N) is 1. The molecule has 2 saturated heterocycles. The first-order valence-electron chi connectivity index (χ1n) is 11.0. The van der Waals surface area contributed by atoms with Crippen molar-refractivity contribution in [3.8, 4) is 5.75 Å². The van der Waals surface area contributed by atoms with Crippen LogP contribution in [0.25, 0.3) is 0 Å². The Hall–Kier alpha value is -2.09. The zero-order valence-electron chi connectivity index (χ0n) is 18.7. The van der Waals surface area contributed by atoms with Gasteiger partial charge in [-0.25, -0.2) is 0 Å². The summed E-state index contributed by atoms with van der Waals surface area (Å²) in [6.07, 6.45) is 4.09.